The van der Waals surface area contributed by atoms with Crippen molar-refractivity contribution in [1.29, 1.82) is 0 Å². The van der Waals surface area contributed by atoms with Crippen molar-refractivity contribution < 1.29 is 19.1 Å². The smallest absolute Gasteiger partial charge is 0.260 e. The van der Waals surface area contributed by atoms with Gasteiger partial charge in [0.25, 0.3) is 5.91 Å². The van der Waals surface area contributed by atoms with Gasteiger partial charge in [-0.05, 0) is 37.6 Å². The molecular weight excluding hydrogens is 390 g/mol. The molecule has 0 bridgehead atoms. The Labute approximate surface area is 167 Å². The predicted octanol–water partition coefficient (Wildman–Crippen LogP) is 2.99. The molecule has 146 valence electrons. The van der Waals surface area contributed by atoms with Crippen LogP contribution in [0.1, 0.15) is 12.1 Å². The van der Waals surface area contributed by atoms with Gasteiger partial charge in [-0.2, -0.15) is 0 Å². The van der Waals surface area contributed by atoms with Gasteiger partial charge in [0.2, 0.25) is 5.91 Å². The zero-order chi connectivity index (χ0) is 19.6. The number of aromatic nitrogens is 1. The third-order valence-electron chi connectivity index (χ3n) is 3.50. The van der Waals surface area contributed by atoms with Crippen molar-refractivity contribution >= 4 is 39.9 Å². The zero-order valence-corrected chi connectivity index (χ0v) is 16.8. The van der Waals surface area contributed by atoms with Gasteiger partial charge < -0.3 is 19.7 Å². The Morgan fingerprint density at radius 1 is 1.30 bits per heavy atom. The van der Waals surface area contributed by atoms with Crippen LogP contribution < -0.4 is 10.1 Å². The highest BCUT2D eigenvalue weighted by molar-refractivity contribution is 7.13. The second kappa shape index (κ2) is 10.9. The summed E-state index contributed by atoms with van der Waals surface area (Å²) >= 11 is 7.17. The summed E-state index contributed by atoms with van der Waals surface area (Å²) in [4.78, 5) is 30.4. The number of benzene rings is 1. The van der Waals surface area contributed by atoms with Crippen molar-refractivity contribution in [3.63, 3.8) is 0 Å². The molecule has 0 unspecified atom stereocenters. The lowest BCUT2D eigenvalue weighted by molar-refractivity contribution is -0.136. The number of halogens is 1. The van der Waals surface area contributed by atoms with Crippen LogP contribution in [0.25, 0.3) is 0 Å². The van der Waals surface area contributed by atoms with Crippen LogP contribution in [-0.4, -0.2) is 55.1 Å². The lowest BCUT2D eigenvalue weighted by Gasteiger charge is -2.22. The minimum atomic E-state index is -0.304. The van der Waals surface area contributed by atoms with E-state index in [0.29, 0.717) is 35.5 Å². The molecule has 2 rings (SSSR count). The fourth-order valence-electron chi connectivity index (χ4n) is 2.20. The predicted molar refractivity (Wildman–Crippen MR) is 106 cm³/mol. The van der Waals surface area contributed by atoms with E-state index < -0.39 is 0 Å². The molecule has 0 aliphatic heterocycles. The lowest BCUT2D eigenvalue weighted by Crippen LogP contribution is -2.41. The number of amides is 2. The largest absolute Gasteiger partial charge is 0.484 e. The Hall–Kier alpha value is -2.16. The topological polar surface area (TPSA) is 80.8 Å². The zero-order valence-electron chi connectivity index (χ0n) is 15.2. The van der Waals surface area contributed by atoms with Gasteiger partial charge in [-0.3, -0.25) is 9.59 Å². The van der Waals surface area contributed by atoms with Crippen LogP contribution in [-0.2, 0) is 14.3 Å². The Morgan fingerprint density at radius 2 is 2.04 bits per heavy atom. The second-order valence-electron chi connectivity index (χ2n) is 5.75. The summed E-state index contributed by atoms with van der Waals surface area (Å²) in [6.07, 6.45) is 0.618. The van der Waals surface area contributed by atoms with Crippen LogP contribution in [0.15, 0.2) is 29.6 Å². The second-order valence-corrected chi connectivity index (χ2v) is 7.04. The first kappa shape index (κ1) is 21.1. The van der Waals surface area contributed by atoms with Gasteiger partial charge in [-0.25, -0.2) is 4.98 Å². The van der Waals surface area contributed by atoms with Crippen molar-refractivity contribution in [2.45, 2.75) is 13.3 Å². The number of hydrogen-bond acceptors (Lipinski definition) is 6. The number of carbonyl (C=O) groups excluding carboxylic acids is 2. The number of ether oxygens (including phenoxy) is 2. The first-order valence-electron chi connectivity index (χ1n) is 8.35. The normalized spacial score (nSPS) is 10.5. The summed E-state index contributed by atoms with van der Waals surface area (Å²) in [6, 6.07) is 6.73. The first-order valence-corrected chi connectivity index (χ1v) is 9.60. The minimum Gasteiger partial charge on any atom is -0.484 e. The summed E-state index contributed by atoms with van der Waals surface area (Å²) in [5.41, 5.74) is 0.833. The standard InChI is InChI=1S/C18H22ClN3O4S/c1-13-12-27-18(20-13)21-16(23)10-22(8-3-9-25-2)17(24)11-26-15-6-4-14(19)5-7-15/h4-7,12H,3,8-11H2,1-2H3,(H,20,21,23). The van der Waals surface area contributed by atoms with Gasteiger partial charge in [0.15, 0.2) is 11.7 Å². The average Bonchev–Trinajstić information content (AvgIpc) is 3.05. The number of nitrogens with zero attached hydrogens (tertiary/aromatic N) is 2. The summed E-state index contributed by atoms with van der Waals surface area (Å²) in [5, 5.41) is 5.65. The van der Waals surface area contributed by atoms with Gasteiger partial charge in [0, 0.05) is 30.7 Å². The molecule has 27 heavy (non-hydrogen) atoms. The van der Waals surface area contributed by atoms with E-state index in [9.17, 15) is 9.59 Å². The highest BCUT2D eigenvalue weighted by Gasteiger charge is 2.18. The van der Waals surface area contributed by atoms with Gasteiger partial charge in [-0.15, -0.1) is 11.3 Å². The molecule has 0 saturated heterocycles. The minimum absolute atomic E-state index is 0.0782. The number of nitrogens with one attached hydrogen (secondary N) is 1. The number of carbonyl (C=O) groups is 2. The molecule has 0 atom stereocenters. The van der Waals surface area contributed by atoms with Gasteiger partial charge in [0.05, 0.1) is 5.69 Å². The van der Waals surface area contributed by atoms with Gasteiger partial charge in [-0.1, -0.05) is 11.6 Å². The molecule has 1 aromatic heterocycles. The molecule has 9 heteroatoms. The molecule has 7 nitrogen and oxygen atoms in total. The molecular formula is C18H22ClN3O4S. The molecule has 1 N–H and O–H groups in total. The highest BCUT2D eigenvalue weighted by atomic mass is 35.5. The quantitative estimate of drug-likeness (QED) is 0.608. The van der Waals surface area contributed by atoms with Crippen LogP contribution in [0.3, 0.4) is 0 Å². The van der Waals surface area contributed by atoms with Crippen molar-refractivity contribution in [3.05, 3.63) is 40.4 Å². The van der Waals surface area contributed by atoms with Crippen molar-refractivity contribution in [3.8, 4) is 5.75 Å². The number of methoxy groups -OCH3 is 1. The van der Waals surface area contributed by atoms with E-state index in [2.05, 4.69) is 10.3 Å². The lowest BCUT2D eigenvalue weighted by atomic mass is 10.3. The number of anilines is 1. The molecule has 0 fully saturated rings. The van der Waals surface area contributed by atoms with E-state index in [-0.39, 0.29) is 25.0 Å². The maximum absolute atomic E-state index is 12.5. The molecule has 1 aromatic carbocycles. The maximum Gasteiger partial charge on any atom is 0.260 e. The van der Waals surface area contributed by atoms with Crippen LogP contribution >= 0.6 is 22.9 Å². The fraction of sp³-hybridized carbons (Fsp3) is 0.389. The maximum atomic E-state index is 12.5. The van der Waals surface area contributed by atoms with Crippen molar-refractivity contribution in [2.75, 3.05) is 38.7 Å². The SMILES string of the molecule is COCCCN(CC(=O)Nc1nc(C)cs1)C(=O)COc1ccc(Cl)cc1. The number of aryl methyl sites for hydroxylation is 1. The van der Waals surface area contributed by atoms with Crippen LogP contribution in [0.4, 0.5) is 5.13 Å². The van der Waals surface area contributed by atoms with E-state index in [4.69, 9.17) is 21.1 Å². The summed E-state index contributed by atoms with van der Waals surface area (Å²) in [6.45, 7) is 2.49. The van der Waals surface area contributed by atoms with E-state index in [0.717, 1.165) is 5.69 Å². The van der Waals surface area contributed by atoms with E-state index in [1.807, 2.05) is 12.3 Å². The number of hydrogen-bond donors (Lipinski definition) is 1. The van der Waals surface area contributed by atoms with Crippen LogP contribution in [0.5, 0.6) is 5.75 Å². The molecule has 0 radical (unpaired) electrons. The van der Waals surface area contributed by atoms with Crippen LogP contribution in [0.2, 0.25) is 5.02 Å². The number of rotatable bonds is 10. The molecule has 0 spiro atoms. The Balaban J connectivity index is 1.91. The molecule has 1 heterocycles. The first-order chi connectivity index (χ1) is 13.0. The molecule has 0 aliphatic carbocycles. The van der Waals surface area contributed by atoms with E-state index in [1.54, 1.807) is 31.4 Å². The monoisotopic (exact) mass is 411 g/mol. The van der Waals surface area contributed by atoms with Crippen LogP contribution in [0, 0.1) is 6.92 Å². The number of thiazole rings is 1. The fourth-order valence-corrected chi connectivity index (χ4v) is 3.03. The Bertz CT molecular complexity index is 751. The molecule has 0 saturated carbocycles. The average molecular weight is 412 g/mol. The summed E-state index contributed by atoms with van der Waals surface area (Å²) < 4.78 is 10.5. The van der Waals surface area contributed by atoms with Gasteiger partial charge >= 0.3 is 0 Å². The third-order valence-corrected chi connectivity index (χ3v) is 4.63. The van der Waals surface area contributed by atoms with Crippen molar-refractivity contribution in [1.82, 2.24) is 9.88 Å². The molecule has 0 aliphatic rings. The summed E-state index contributed by atoms with van der Waals surface area (Å²) in [7, 11) is 1.59. The highest BCUT2D eigenvalue weighted by Crippen LogP contribution is 2.16. The Morgan fingerprint density at radius 3 is 2.67 bits per heavy atom. The Kier molecular flexibility index (Phi) is 8.50. The third kappa shape index (κ3) is 7.54. The van der Waals surface area contributed by atoms with Crippen molar-refractivity contribution in [2.24, 2.45) is 0 Å². The summed E-state index contributed by atoms with van der Waals surface area (Å²) in [5.74, 6) is -0.0552. The van der Waals surface area contributed by atoms with E-state index in [1.165, 1.54) is 16.2 Å². The van der Waals surface area contributed by atoms with E-state index >= 15 is 0 Å². The molecule has 2 aromatic rings. The van der Waals surface area contributed by atoms with Gasteiger partial charge in [0.1, 0.15) is 12.3 Å². The molecule has 2 amide bonds.